The zero-order valence-electron chi connectivity index (χ0n) is 18.1. The van der Waals surface area contributed by atoms with Crippen molar-refractivity contribution in [2.24, 2.45) is 5.92 Å². The van der Waals surface area contributed by atoms with Crippen LogP contribution in [0.3, 0.4) is 0 Å². The van der Waals surface area contributed by atoms with Gasteiger partial charge in [-0.2, -0.15) is 0 Å². The number of carbonyl (C=O) groups excluding carboxylic acids is 1. The van der Waals surface area contributed by atoms with E-state index >= 15 is 0 Å². The minimum Gasteiger partial charge on any atom is -0.296 e. The summed E-state index contributed by atoms with van der Waals surface area (Å²) >= 11 is 1.14. The van der Waals surface area contributed by atoms with Crippen LogP contribution in [-0.4, -0.2) is 31.1 Å². The third-order valence-electron chi connectivity index (χ3n) is 6.39. The van der Waals surface area contributed by atoms with Gasteiger partial charge in [0.15, 0.2) is 0 Å². The van der Waals surface area contributed by atoms with Gasteiger partial charge in [0.2, 0.25) is 15.2 Å². The van der Waals surface area contributed by atoms with Crippen LogP contribution in [0.2, 0.25) is 0 Å². The highest BCUT2D eigenvalue weighted by molar-refractivity contribution is 7.89. The second kappa shape index (κ2) is 8.79. The van der Waals surface area contributed by atoms with Crippen molar-refractivity contribution in [1.82, 2.24) is 14.9 Å². The quantitative estimate of drug-likeness (QED) is 0.478. The molecular weight excluding hydrogens is 482 g/mol. The maximum atomic E-state index is 14.4. The molecule has 2 aliphatic carbocycles. The van der Waals surface area contributed by atoms with E-state index in [1.54, 1.807) is 6.07 Å². The predicted molar refractivity (Wildman–Crippen MR) is 123 cm³/mol. The van der Waals surface area contributed by atoms with Crippen molar-refractivity contribution in [2.75, 3.05) is 11.9 Å². The number of rotatable bonds is 8. The summed E-state index contributed by atoms with van der Waals surface area (Å²) in [5.41, 5.74) is -0.0696. The van der Waals surface area contributed by atoms with Crippen LogP contribution >= 0.6 is 11.3 Å². The van der Waals surface area contributed by atoms with Crippen molar-refractivity contribution in [2.45, 2.75) is 42.4 Å². The van der Waals surface area contributed by atoms with E-state index < -0.39 is 32.7 Å². The molecule has 2 saturated carbocycles. The van der Waals surface area contributed by atoms with Gasteiger partial charge in [-0.25, -0.2) is 21.9 Å². The van der Waals surface area contributed by atoms with E-state index in [0.29, 0.717) is 17.5 Å². The first-order chi connectivity index (χ1) is 16.3. The highest BCUT2D eigenvalue weighted by Crippen LogP contribution is 2.50. The van der Waals surface area contributed by atoms with Crippen LogP contribution in [0, 0.1) is 17.6 Å². The van der Waals surface area contributed by atoms with E-state index in [1.165, 1.54) is 12.1 Å². The molecule has 1 amide bonds. The third-order valence-corrected chi connectivity index (χ3v) is 8.85. The van der Waals surface area contributed by atoms with Crippen LogP contribution < -0.4 is 10.0 Å². The van der Waals surface area contributed by atoms with E-state index in [1.807, 2.05) is 6.07 Å². The third kappa shape index (κ3) is 4.47. The van der Waals surface area contributed by atoms with Crippen molar-refractivity contribution in [3.63, 3.8) is 0 Å². The first kappa shape index (κ1) is 23.0. The van der Waals surface area contributed by atoms with Crippen molar-refractivity contribution < 1.29 is 22.0 Å². The zero-order valence-corrected chi connectivity index (χ0v) is 19.7. The molecule has 2 fully saturated rings. The van der Waals surface area contributed by atoms with Crippen LogP contribution in [0.15, 0.2) is 47.4 Å². The van der Waals surface area contributed by atoms with Gasteiger partial charge in [0.05, 0.1) is 10.5 Å². The van der Waals surface area contributed by atoms with Gasteiger partial charge in [-0.1, -0.05) is 29.9 Å². The Hall–Kier alpha value is -2.76. The van der Waals surface area contributed by atoms with Crippen molar-refractivity contribution in [3.05, 3.63) is 70.2 Å². The van der Waals surface area contributed by atoms with Gasteiger partial charge in [-0.15, -0.1) is 10.2 Å². The molecule has 1 aromatic heterocycles. The maximum Gasteiger partial charge on any atom is 0.260 e. The number of benzene rings is 2. The smallest absolute Gasteiger partial charge is 0.260 e. The standard InChI is InChI=1S/C23H22F2N4O3S2/c24-16-4-1-3-15(11-16)23(9-2-10-23)21-28-29-22(33-21)27-20(30)18-12-17(7-8-19(18)25)34(31,32)26-13-14-5-6-14/h1,3-4,7-8,11-12,14,26H,2,5-6,9-10,13H2,(H,27,29,30). The fourth-order valence-corrected chi connectivity index (χ4v) is 6.20. The van der Waals surface area contributed by atoms with E-state index in [4.69, 9.17) is 0 Å². The van der Waals surface area contributed by atoms with Crippen LogP contribution in [0.4, 0.5) is 13.9 Å². The SMILES string of the molecule is O=C(Nc1nnc(C2(c3cccc(F)c3)CCC2)s1)c1cc(S(=O)(=O)NCC2CC2)ccc1F. The van der Waals surface area contributed by atoms with E-state index in [2.05, 4.69) is 20.2 Å². The lowest BCUT2D eigenvalue weighted by atomic mass is 9.65. The van der Waals surface area contributed by atoms with Gasteiger partial charge >= 0.3 is 0 Å². The van der Waals surface area contributed by atoms with E-state index in [-0.39, 0.29) is 15.8 Å². The molecular formula is C23H22F2N4O3S2. The Morgan fingerprint density at radius 2 is 1.91 bits per heavy atom. The zero-order chi connectivity index (χ0) is 23.9. The number of nitrogens with one attached hydrogen (secondary N) is 2. The minimum absolute atomic E-state index is 0.155. The molecule has 2 N–H and O–H groups in total. The van der Waals surface area contributed by atoms with Gasteiger partial charge in [0.25, 0.3) is 5.91 Å². The van der Waals surface area contributed by atoms with Crippen molar-refractivity contribution in [1.29, 1.82) is 0 Å². The molecule has 2 aromatic carbocycles. The average Bonchev–Trinajstić information content (AvgIpc) is 3.50. The van der Waals surface area contributed by atoms with Crippen molar-refractivity contribution in [3.8, 4) is 0 Å². The predicted octanol–water partition coefficient (Wildman–Crippen LogP) is 4.23. The molecule has 0 radical (unpaired) electrons. The summed E-state index contributed by atoms with van der Waals surface area (Å²) in [6, 6.07) is 9.47. The molecule has 5 rings (SSSR count). The lowest BCUT2D eigenvalue weighted by Gasteiger charge is -2.40. The summed E-state index contributed by atoms with van der Waals surface area (Å²) < 4.78 is 55.7. The molecule has 0 atom stereocenters. The second-order valence-corrected chi connectivity index (χ2v) is 11.5. The first-order valence-corrected chi connectivity index (χ1v) is 13.3. The summed E-state index contributed by atoms with van der Waals surface area (Å²) in [6.45, 7) is 0.321. The molecule has 1 heterocycles. The molecule has 11 heteroatoms. The Kier molecular flexibility index (Phi) is 5.95. The first-order valence-electron chi connectivity index (χ1n) is 11.0. The fourth-order valence-electron chi connectivity index (χ4n) is 4.05. The Balaban J connectivity index is 1.35. The lowest BCUT2D eigenvalue weighted by molar-refractivity contribution is 0.102. The van der Waals surface area contributed by atoms with E-state index in [0.717, 1.165) is 67.2 Å². The number of anilines is 1. The number of halogens is 2. The van der Waals surface area contributed by atoms with Crippen LogP contribution in [0.5, 0.6) is 0 Å². The topological polar surface area (TPSA) is 101 Å². The summed E-state index contributed by atoms with van der Waals surface area (Å²) in [5, 5.41) is 11.6. The summed E-state index contributed by atoms with van der Waals surface area (Å²) in [6.07, 6.45) is 4.47. The summed E-state index contributed by atoms with van der Waals surface area (Å²) in [5.74, 6) is -1.68. The normalized spacial score (nSPS) is 17.2. The minimum atomic E-state index is -3.86. The van der Waals surface area contributed by atoms with Crippen molar-refractivity contribution >= 4 is 32.4 Å². The van der Waals surface area contributed by atoms with Gasteiger partial charge in [0, 0.05) is 12.0 Å². The molecule has 7 nitrogen and oxygen atoms in total. The Morgan fingerprint density at radius 1 is 1.12 bits per heavy atom. The highest BCUT2D eigenvalue weighted by atomic mass is 32.2. The number of carbonyl (C=O) groups is 1. The molecule has 0 spiro atoms. The number of aromatic nitrogens is 2. The van der Waals surface area contributed by atoms with Crippen LogP contribution in [-0.2, 0) is 15.4 Å². The summed E-state index contributed by atoms with van der Waals surface area (Å²) in [7, 11) is -3.86. The number of amides is 1. The number of nitrogens with zero attached hydrogens (tertiary/aromatic N) is 2. The second-order valence-electron chi connectivity index (χ2n) is 8.75. The molecule has 0 bridgehead atoms. The Bertz CT molecular complexity index is 1350. The van der Waals surface area contributed by atoms with Crippen LogP contribution in [0.25, 0.3) is 0 Å². The molecule has 0 aliphatic heterocycles. The van der Waals surface area contributed by atoms with Gasteiger partial charge in [-0.3, -0.25) is 10.1 Å². The molecule has 0 saturated heterocycles. The lowest BCUT2D eigenvalue weighted by Crippen LogP contribution is -2.35. The summed E-state index contributed by atoms with van der Waals surface area (Å²) in [4.78, 5) is 12.6. The molecule has 2 aliphatic rings. The molecule has 3 aromatic rings. The Morgan fingerprint density at radius 3 is 2.59 bits per heavy atom. The molecule has 178 valence electrons. The maximum absolute atomic E-state index is 14.4. The van der Waals surface area contributed by atoms with Crippen LogP contribution in [0.1, 0.15) is 53.0 Å². The van der Waals surface area contributed by atoms with Gasteiger partial charge in [0.1, 0.15) is 16.6 Å². The number of sulfonamides is 1. The Labute approximate surface area is 199 Å². The van der Waals surface area contributed by atoms with E-state index in [9.17, 15) is 22.0 Å². The number of hydrogen-bond donors (Lipinski definition) is 2. The largest absolute Gasteiger partial charge is 0.296 e. The van der Waals surface area contributed by atoms with Gasteiger partial charge in [-0.05, 0) is 67.5 Å². The monoisotopic (exact) mass is 504 g/mol. The highest BCUT2D eigenvalue weighted by Gasteiger charge is 2.43. The molecule has 0 unspecified atom stereocenters. The average molecular weight is 505 g/mol. The number of hydrogen-bond acceptors (Lipinski definition) is 6. The molecule has 34 heavy (non-hydrogen) atoms. The fraction of sp³-hybridized carbons (Fsp3) is 0.348. The van der Waals surface area contributed by atoms with Gasteiger partial charge < -0.3 is 0 Å².